The smallest absolute Gasteiger partial charge is 0.130 e. The zero-order chi connectivity index (χ0) is 13.7. The van der Waals surface area contributed by atoms with Crippen LogP contribution in [0.15, 0.2) is 18.2 Å². The van der Waals surface area contributed by atoms with Gasteiger partial charge in [0, 0.05) is 18.2 Å². The largest absolute Gasteiger partial charge is 0.329 e. The first-order chi connectivity index (χ1) is 9.22. The molecular formula is C15H22F2N2. The highest BCUT2D eigenvalue weighted by molar-refractivity contribution is 5.23. The summed E-state index contributed by atoms with van der Waals surface area (Å²) in [7, 11) is 0. The van der Waals surface area contributed by atoms with Crippen molar-refractivity contribution in [2.45, 2.75) is 50.6 Å². The highest BCUT2D eigenvalue weighted by Crippen LogP contribution is 2.24. The second kappa shape index (κ2) is 6.96. The lowest BCUT2D eigenvalue weighted by Crippen LogP contribution is -2.37. The SMILES string of the molecule is NCC(NC1CCCCCC1)c1c(F)cccc1F. The monoisotopic (exact) mass is 268 g/mol. The molecule has 0 aromatic heterocycles. The van der Waals surface area contributed by atoms with E-state index in [2.05, 4.69) is 5.32 Å². The van der Waals surface area contributed by atoms with Gasteiger partial charge in [-0.05, 0) is 25.0 Å². The van der Waals surface area contributed by atoms with Gasteiger partial charge < -0.3 is 11.1 Å². The van der Waals surface area contributed by atoms with E-state index in [0.29, 0.717) is 6.04 Å². The third kappa shape index (κ3) is 3.74. The van der Waals surface area contributed by atoms with Crippen LogP contribution in [-0.2, 0) is 0 Å². The van der Waals surface area contributed by atoms with Crippen molar-refractivity contribution in [2.75, 3.05) is 6.54 Å². The van der Waals surface area contributed by atoms with Crippen LogP contribution in [-0.4, -0.2) is 12.6 Å². The molecule has 2 nitrogen and oxygen atoms in total. The maximum Gasteiger partial charge on any atom is 0.130 e. The number of hydrogen-bond acceptors (Lipinski definition) is 2. The normalized spacial score (nSPS) is 19.1. The molecule has 1 aliphatic rings. The van der Waals surface area contributed by atoms with E-state index in [1.807, 2.05) is 0 Å². The summed E-state index contributed by atoms with van der Waals surface area (Å²) in [6.45, 7) is 0.203. The topological polar surface area (TPSA) is 38.0 Å². The lowest BCUT2D eigenvalue weighted by atomic mass is 10.0. The molecule has 1 unspecified atom stereocenters. The Labute approximate surface area is 113 Å². The summed E-state index contributed by atoms with van der Waals surface area (Å²) in [5.41, 5.74) is 5.78. The molecule has 2 rings (SSSR count). The van der Waals surface area contributed by atoms with Crippen molar-refractivity contribution in [3.63, 3.8) is 0 Å². The quantitative estimate of drug-likeness (QED) is 0.822. The second-order valence-corrected chi connectivity index (χ2v) is 5.28. The van der Waals surface area contributed by atoms with Gasteiger partial charge in [0.15, 0.2) is 0 Å². The molecule has 0 spiro atoms. The molecule has 1 saturated carbocycles. The Kier molecular flexibility index (Phi) is 5.28. The fourth-order valence-corrected chi connectivity index (χ4v) is 2.84. The Hall–Kier alpha value is -1.00. The lowest BCUT2D eigenvalue weighted by Gasteiger charge is -2.25. The summed E-state index contributed by atoms with van der Waals surface area (Å²) in [6.07, 6.45) is 6.97. The number of benzene rings is 1. The van der Waals surface area contributed by atoms with Crippen molar-refractivity contribution in [3.05, 3.63) is 35.4 Å². The Balaban J connectivity index is 2.10. The molecule has 0 heterocycles. The van der Waals surface area contributed by atoms with Gasteiger partial charge in [0.1, 0.15) is 11.6 Å². The van der Waals surface area contributed by atoms with Gasteiger partial charge >= 0.3 is 0 Å². The van der Waals surface area contributed by atoms with Crippen LogP contribution in [0.25, 0.3) is 0 Å². The molecule has 0 aliphatic heterocycles. The molecule has 1 aromatic carbocycles. The first-order valence-corrected chi connectivity index (χ1v) is 7.12. The molecule has 0 radical (unpaired) electrons. The van der Waals surface area contributed by atoms with Crippen LogP contribution in [0.4, 0.5) is 8.78 Å². The van der Waals surface area contributed by atoms with Crippen molar-refractivity contribution < 1.29 is 8.78 Å². The first-order valence-electron chi connectivity index (χ1n) is 7.12. The summed E-state index contributed by atoms with van der Waals surface area (Å²) in [4.78, 5) is 0. The number of halogens is 2. The van der Waals surface area contributed by atoms with Crippen LogP contribution in [0, 0.1) is 11.6 Å². The fourth-order valence-electron chi connectivity index (χ4n) is 2.84. The van der Waals surface area contributed by atoms with E-state index >= 15 is 0 Å². The van der Waals surface area contributed by atoms with Gasteiger partial charge in [0.2, 0.25) is 0 Å². The van der Waals surface area contributed by atoms with Crippen LogP contribution in [0.3, 0.4) is 0 Å². The van der Waals surface area contributed by atoms with E-state index in [9.17, 15) is 8.78 Å². The number of nitrogens with one attached hydrogen (secondary N) is 1. The maximum atomic E-state index is 13.8. The number of rotatable bonds is 4. The summed E-state index contributed by atoms with van der Waals surface area (Å²) in [6, 6.07) is 3.83. The summed E-state index contributed by atoms with van der Waals surface area (Å²) in [5, 5.41) is 3.34. The van der Waals surface area contributed by atoms with Gasteiger partial charge in [-0.2, -0.15) is 0 Å². The van der Waals surface area contributed by atoms with E-state index in [0.717, 1.165) is 12.8 Å². The summed E-state index contributed by atoms with van der Waals surface area (Å²) >= 11 is 0. The van der Waals surface area contributed by atoms with E-state index in [-0.39, 0.29) is 12.1 Å². The highest BCUT2D eigenvalue weighted by atomic mass is 19.1. The Morgan fingerprint density at radius 2 is 1.68 bits per heavy atom. The minimum absolute atomic E-state index is 0.0780. The van der Waals surface area contributed by atoms with Crippen molar-refractivity contribution in [3.8, 4) is 0 Å². The number of nitrogens with two attached hydrogens (primary N) is 1. The van der Waals surface area contributed by atoms with Crippen molar-refractivity contribution in [1.29, 1.82) is 0 Å². The fraction of sp³-hybridized carbons (Fsp3) is 0.600. The van der Waals surface area contributed by atoms with Gasteiger partial charge in [0.05, 0.1) is 6.04 Å². The van der Waals surface area contributed by atoms with Crippen molar-refractivity contribution in [2.24, 2.45) is 5.73 Å². The van der Waals surface area contributed by atoms with Crippen LogP contribution in [0.2, 0.25) is 0 Å². The molecule has 1 aromatic rings. The Morgan fingerprint density at radius 3 is 2.21 bits per heavy atom. The third-order valence-electron chi connectivity index (χ3n) is 3.88. The molecular weight excluding hydrogens is 246 g/mol. The molecule has 0 bridgehead atoms. The summed E-state index contributed by atoms with van der Waals surface area (Å²) < 4.78 is 27.6. The van der Waals surface area contributed by atoms with E-state index in [1.165, 1.54) is 43.9 Å². The van der Waals surface area contributed by atoms with Crippen LogP contribution >= 0.6 is 0 Å². The number of hydrogen-bond donors (Lipinski definition) is 2. The molecule has 106 valence electrons. The van der Waals surface area contributed by atoms with E-state index in [4.69, 9.17) is 5.73 Å². The average Bonchev–Trinajstić information content (AvgIpc) is 2.65. The predicted octanol–water partition coefficient (Wildman–Crippen LogP) is 3.28. The molecule has 19 heavy (non-hydrogen) atoms. The van der Waals surface area contributed by atoms with Crippen molar-refractivity contribution >= 4 is 0 Å². The van der Waals surface area contributed by atoms with E-state index in [1.54, 1.807) is 0 Å². The van der Waals surface area contributed by atoms with E-state index < -0.39 is 17.7 Å². The van der Waals surface area contributed by atoms with Gasteiger partial charge in [-0.25, -0.2) is 8.78 Å². The van der Waals surface area contributed by atoms with Gasteiger partial charge in [0.25, 0.3) is 0 Å². The zero-order valence-corrected chi connectivity index (χ0v) is 11.2. The molecule has 0 amide bonds. The Bertz CT molecular complexity index is 381. The minimum atomic E-state index is -0.517. The van der Waals surface area contributed by atoms with Gasteiger partial charge in [-0.3, -0.25) is 0 Å². The second-order valence-electron chi connectivity index (χ2n) is 5.28. The highest BCUT2D eigenvalue weighted by Gasteiger charge is 2.22. The van der Waals surface area contributed by atoms with Crippen LogP contribution in [0.1, 0.15) is 50.1 Å². The molecule has 1 fully saturated rings. The molecule has 3 N–H and O–H groups in total. The van der Waals surface area contributed by atoms with Gasteiger partial charge in [-0.15, -0.1) is 0 Å². The lowest BCUT2D eigenvalue weighted by molar-refractivity contribution is 0.384. The molecule has 1 aliphatic carbocycles. The average molecular weight is 268 g/mol. The van der Waals surface area contributed by atoms with Crippen LogP contribution in [0.5, 0.6) is 0 Å². The van der Waals surface area contributed by atoms with Crippen LogP contribution < -0.4 is 11.1 Å². The molecule has 0 saturated heterocycles. The standard InChI is InChI=1S/C15H22F2N2/c16-12-8-5-9-13(17)15(12)14(10-18)19-11-6-3-1-2-4-7-11/h5,8-9,11,14,19H,1-4,6-7,10,18H2. The molecule has 4 heteroatoms. The Morgan fingerprint density at radius 1 is 1.11 bits per heavy atom. The predicted molar refractivity (Wildman–Crippen MR) is 72.8 cm³/mol. The van der Waals surface area contributed by atoms with Gasteiger partial charge in [-0.1, -0.05) is 31.7 Å². The minimum Gasteiger partial charge on any atom is -0.329 e. The molecule has 1 atom stereocenters. The van der Waals surface area contributed by atoms with Crippen molar-refractivity contribution in [1.82, 2.24) is 5.32 Å². The summed E-state index contributed by atoms with van der Waals surface area (Å²) in [5.74, 6) is -1.03. The zero-order valence-electron chi connectivity index (χ0n) is 11.2. The maximum absolute atomic E-state index is 13.8. The third-order valence-corrected chi connectivity index (χ3v) is 3.88. The first kappa shape index (κ1) is 14.4.